The van der Waals surface area contributed by atoms with Crippen molar-refractivity contribution >= 4 is 22.1 Å². The van der Waals surface area contributed by atoms with Gasteiger partial charge in [-0.15, -0.1) is 0 Å². The van der Waals surface area contributed by atoms with Crippen LogP contribution in [0.2, 0.25) is 0 Å². The van der Waals surface area contributed by atoms with E-state index in [0.29, 0.717) is 18.9 Å². The SMILES string of the molecule is C1CC2CNCN2O1.CCCCCCCCOC(=O)CC(C(=O)OCCCCCCCC)S(=O)(=O)[O-].[Na+]. The topological polar surface area (TPSA) is 134 Å². The predicted molar refractivity (Wildman–Crippen MR) is 136 cm³/mol. The van der Waals surface area contributed by atoms with Gasteiger partial charge >= 0.3 is 41.5 Å². The summed E-state index contributed by atoms with van der Waals surface area (Å²) in [6.07, 6.45) is 12.4. The molecule has 0 amide bonds. The zero-order chi connectivity index (χ0) is 26.7. The van der Waals surface area contributed by atoms with Crippen LogP contribution in [0.15, 0.2) is 0 Å². The fraction of sp³-hybridized carbons (Fsp3) is 0.920. The van der Waals surface area contributed by atoms with E-state index in [-0.39, 0.29) is 42.8 Å². The Balaban J connectivity index is 0.00000119. The van der Waals surface area contributed by atoms with Crippen molar-refractivity contribution in [3.8, 4) is 0 Å². The van der Waals surface area contributed by atoms with Crippen LogP contribution in [0.1, 0.15) is 104 Å². The van der Waals surface area contributed by atoms with Crippen LogP contribution in [0.25, 0.3) is 0 Å². The fourth-order valence-corrected chi connectivity index (χ4v) is 4.65. The second-order valence-corrected chi connectivity index (χ2v) is 11.0. The summed E-state index contributed by atoms with van der Waals surface area (Å²) in [7, 11) is -4.98. The van der Waals surface area contributed by atoms with E-state index >= 15 is 0 Å². The van der Waals surface area contributed by atoms with Crippen LogP contribution in [0.4, 0.5) is 0 Å². The number of fused-ring (bicyclic) bond motifs is 1. The molecule has 12 heteroatoms. The molecule has 2 rings (SSSR count). The number of hydroxylamine groups is 2. The largest absolute Gasteiger partial charge is 1.00 e. The Morgan fingerprint density at radius 2 is 1.49 bits per heavy atom. The van der Waals surface area contributed by atoms with Gasteiger partial charge in [0.2, 0.25) is 0 Å². The van der Waals surface area contributed by atoms with E-state index in [2.05, 4.69) is 19.2 Å². The summed E-state index contributed by atoms with van der Waals surface area (Å²) in [6.45, 7) is 7.40. The number of rotatable bonds is 18. The van der Waals surface area contributed by atoms with Crippen molar-refractivity contribution in [3.05, 3.63) is 0 Å². The molecule has 0 aromatic carbocycles. The van der Waals surface area contributed by atoms with Crippen LogP contribution in [0.3, 0.4) is 0 Å². The zero-order valence-corrected chi connectivity index (χ0v) is 26.0. The summed E-state index contributed by atoms with van der Waals surface area (Å²) < 4.78 is 43.8. The van der Waals surface area contributed by atoms with E-state index in [4.69, 9.17) is 14.3 Å². The summed E-state index contributed by atoms with van der Waals surface area (Å²) in [5, 5.41) is 3.22. The molecule has 37 heavy (non-hydrogen) atoms. The average Bonchev–Trinajstić information content (AvgIpc) is 3.46. The molecule has 0 bridgehead atoms. The van der Waals surface area contributed by atoms with E-state index in [9.17, 15) is 22.6 Å². The predicted octanol–water partition coefficient (Wildman–Crippen LogP) is 0.655. The Labute approximate surface area is 245 Å². The Bertz CT molecular complexity index is 691. The molecule has 2 atom stereocenters. The van der Waals surface area contributed by atoms with Crippen LogP contribution >= 0.6 is 0 Å². The number of carbonyl (C=O) groups excluding carboxylic acids is 2. The first-order chi connectivity index (χ1) is 17.3. The Hall–Kier alpha value is -0.270. The number of hydrogen-bond acceptors (Lipinski definition) is 10. The molecule has 0 saturated carbocycles. The summed E-state index contributed by atoms with van der Waals surface area (Å²) in [6, 6.07) is 0.676. The number of carbonyl (C=O) groups is 2. The smallest absolute Gasteiger partial charge is 0.747 e. The first-order valence-electron chi connectivity index (χ1n) is 13.7. The van der Waals surface area contributed by atoms with Gasteiger partial charge in [-0.1, -0.05) is 78.1 Å². The normalized spacial score (nSPS) is 17.8. The van der Waals surface area contributed by atoms with Crippen molar-refractivity contribution in [2.45, 2.75) is 115 Å². The third-order valence-corrected chi connectivity index (χ3v) is 7.29. The molecule has 2 heterocycles. The van der Waals surface area contributed by atoms with Crippen molar-refractivity contribution in [3.63, 3.8) is 0 Å². The Morgan fingerprint density at radius 1 is 0.946 bits per heavy atom. The molecular formula is C25H47N2NaO8S. The van der Waals surface area contributed by atoms with Crippen molar-refractivity contribution in [2.24, 2.45) is 0 Å². The molecular weight excluding hydrogens is 511 g/mol. The molecule has 0 aliphatic carbocycles. The van der Waals surface area contributed by atoms with Crippen LogP contribution in [0, 0.1) is 0 Å². The van der Waals surface area contributed by atoms with Gasteiger partial charge in [0.15, 0.2) is 5.25 Å². The number of unbranched alkanes of at least 4 members (excludes halogenated alkanes) is 10. The standard InChI is InChI=1S/C20H38O7S.C5H10N2O.Na/c1-3-5-7-9-11-13-15-26-19(21)17-18(28(23,24)25)20(22)27-16-14-12-10-8-6-4-2;1-2-8-7-4-6-3-5(1)7;/h18H,3-17H2,1-2H3,(H,23,24,25);5-6H,1-4H2;/q;;+1/p-1. The summed E-state index contributed by atoms with van der Waals surface area (Å²) in [5.74, 6) is -2.03. The summed E-state index contributed by atoms with van der Waals surface area (Å²) in [4.78, 5) is 29.0. The second kappa shape index (κ2) is 22.5. The average molecular weight is 559 g/mol. The minimum atomic E-state index is -4.98. The fourth-order valence-electron chi connectivity index (χ4n) is 4.01. The van der Waals surface area contributed by atoms with Crippen molar-refractivity contribution < 1.29 is 66.4 Å². The zero-order valence-electron chi connectivity index (χ0n) is 23.2. The molecule has 0 radical (unpaired) electrons. The number of esters is 2. The monoisotopic (exact) mass is 558 g/mol. The molecule has 0 aromatic heterocycles. The maximum atomic E-state index is 11.9. The van der Waals surface area contributed by atoms with Crippen LogP contribution < -0.4 is 34.9 Å². The third-order valence-electron chi connectivity index (χ3n) is 6.23. The number of nitrogens with one attached hydrogen (secondary N) is 1. The van der Waals surface area contributed by atoms with Gasteiger partial charge in [-0.2, -0.15) is 5.06 Å². The molecule has 10 nitrogen and oxygen atoms in total. The molecule has 2 unspecified atom stereocenters. The second-order valence-electron chi connectivity index (χ2n) is 9.41. The van der Waals surface area contributed by atoms with Crippen LogP contribution in [-0.2, 0) is 34.0 Å². The van der Waals surface area contributed by atoms with Gasteiger partial charge in [0.05, 0.1) is 39.0 Å². The van der Waals surface area contributed by atoms with Gasteiger partial charge in [0.25, 0.3) is 0 Å². The van der Waals surface area contributed by atoms with E-state index in [1.165, 1.54) is 12.8 Å². The molecule has 212 valence electrons. The number of nitrogens with zero attached hydrogens (tertiary/aromatic N) is 1. The molecule has 0 aromatic rings. The van der Waals surface area contributed by atoms with Crippen molar-refractivity contribution in [1.82, 2.24) is 10.4 Å². The van der Waals surface area contributed by atoms with Gasteiger partial charge in [0, 0.05) is 6.54 Å². The molecule has 1 N–H and O–H groups in total. The summed E-state index contributed by atoms with van der Waals surface area (Å²) >= 11 is 0. The molecule has 2 aliphatic rings. The molecule has 2 aliphatic heterocycles. The maximum absolute atomic E-state index is 11.9. The van der Waals surface area contributed by atoms with Gasteiger partial charge in [-0.25, -0.2) is 8.42 Å². The van der Waals surface area contributed by atoms with Gasteiger partial charge < -0.3 is 19.3 Å². The maximum Gasteiger partial charge on any atom is 1.00 e. The van der Waals surface area contributed by atoms with Gasteiger partial charge in [-0.3, -0.25) is 14.4 Å². The third kappa shape index (κ3) is 17.8. The quantitative estimate of drug-likeness (QED) is 0.111. The number of ether oxygens (including phenoxy) is 2. The minimum absolute atomic E-state index is 0. The van der Waals surface area contributed by atoms with E-state index in [1.54, 1.807) is 0 Å². The Kier molecular flexibility index (Phi) is 22.4. The van der Waals surface area contributed by atoms with Crippen LogP contribution in [-0.4, -0.2) is 74.3 Å². The van der Waals surface area contributed by atoms with E-state index < -0.39 is 33.7 Å². The van der Waals surface area contributed by atoms with Gasteiger partial charge in [-0.05, 0) is 19.3 Å². The van der Waals surface area contributed by atoms with E-state index in [1.807, 2.05) is 5.06 Å². The summed E-state index contributed by atoms with van der Waals surface area (Å²) in [5.41, 5.74) is 0. The first kappa shape index (κ1) is 36.7. The van der Waals surface area contributed by atoms with Gasteiger partial charge in [0.1, 0.15) is 10.1 Å². The van der Waals surface area contributed by atoms with Crippen molar-refractivity contribution in [2.75, 3.05) is 33.0 Å². The first-order valence-corrected chi connectivity index (χ1v) is 15.1. The molecule has 2 fully saturated rings. The Morgan fingerprint density at radius 3 is 2.03 bits per heavy atom. The van der Waals surface area contributed by atoms with Crippen LogP contribution in [0.5, 0.6) is 0 Å². The molecule has 0 spiro atoms. The van der Waals surface area contributed by atoms with Crippen molar-refractivity contribution in [1.29, 1.82) is 0 Å². The number of hydrogen-bond donors (Lipinski definition) is 1. The minimum Gasteiger partial charge on any atom is -0.747 e. The van der Waals surface area contributed by atoms with E-state index in [0.717, 1.165) is 77.6 Å². The molecule has 2 saturated heterocycles.